The van der Waals surface area contributed by atoms with Crippen molar-refractivity contribution >= 4 is 27.5 Å². The molecular weight excluding hydrogens is 452 g/mol. The molecule has 2 heteroatoms. The summed E-state index contributed by atoms with van der Waals surface area (Å²) in [5.74, 6) is -0.267. The van der Waals surface area contributed by atoms with Crippen LogP contribution < -0.4 is 0 Å². The minimum Gasteiger partial charge on any atom is -0.458 e. The molecule has 0 unspecified atom stereocenters. The van der Waals surface area contributed by atoms with Crippen molar-refractivity contribution in [1.29, 1.82) is 0 Å². The van der Waals surface area contributed by atoms with Crippen molar-refractivity contribution in [3.05, 3.63) is 107 Å². The van der Waals surface area contributed by atoms with E-state index in [1.54, 1.807) is 0 Å². The molecule has 37 heavy (non-hydrogen) atoms. The second kappa shape index (κ2) is 14.4. The molecule has 0 spiro atoms. The molecule has 0 saturated carbocycles. The zero-order valence-corrected chi connectivity index (χ0v) is 23.3. The van der Waals surface area contributed by atoms with Crippen molar-refractivity contribution in [2.24, 2.45) is 0 Å². The number of allylic oxidation sites excluding steroid dienone is 7. The molecule has 194 valence electrons. The van der Waals surface area contributed by atoms with Crippen LogP contribution >= 0.6 is 0 Å². The highest BCUT2D eigenvalue weighted by molar-refractivity contribution is 6.16. The van der Waals surface area contributed by atoms with Crippen molar-refractivity contribution in [2.75, 3.05) is 6.61 Å². The minimum atomic E-state index is -0.267. The molecule has 0 bridgehead atoms. The van der Waals surface area contributed by atoms with Gasteiger partial charge in [-0.2, -0.15) is 0 Å². The molecule has 0 amide bonds. The Morgan fingerprint density at radius 3 is 1.62 bits per heavy atom. The van der Waals surface area contributed by atoms with Crippen LogP contribution in [0.25, 0.3) is 21.5 Å². The van der Waals surface area contributed by atoms with Gasteiger partial charge in [-0.1, -0.05) is 89.1 Å². The zero-order valence-electron chi connectivity index (χ0n) is 23.3. The highest BCUT2D eigenvalue weighted by atomic mass is 16.5. The molecule has 0 N–H and O–H groups in total. The van der Waals surface area contributed by atoms with Gasteiger partial charge in [-0.05, 0) is 107 Å². The monoisotopic (exact) mass is 494 g/mol. The average Bonchev–Trinajstić information content (AvgIpc) is 2.87. The van der Waals surface area contributed by atoms with Crippen molar-refractivity contribution in [2.45, 2.75) is 73.1 Å². The summed E-state index contributed by atoms with van der Waals surface area (Å²) in [4.78, 5) is 13.1. The topological polar surface area (TPSA) is 26.3 Å². The summed E-state index contributed by atoms with van der Waals surface area (Å²) in [5.41, 5.74) is 6.22. The van der Waals surface area contributed by atoms with Gasteiger partial charge >= 0.3 is 5.97 Å². The van der Waals surface area contributed by atoms with E-state index in [-0.39, 0.29) is 5.97 Å². The van der Waals surface area contributed by atoms with Crippen molar-refractivity contribution in [1.82, 2.24) is 0 Å². The molecule has 0 fully saturated rings. The molecule has 0 heterocycles. The molecular formula is C35H42O2. The fourth-order valence-corrected chi connectivity index (χ4v) is 4.55. The van der Waals surface area contributed by atoms with Crippen molar-refractivity contribution < 1.29 is 9.53 Å². The summed E-state index contributed by atoms with van der Waals surface area (Å²) in [6, 6.07) is 18.1. The van der Waals surface area contributed by atoms with Gasteiger partial charge in [0.25, 0.3) is 0 Å². The van der Waals surface area contributed by atoms with Gasteiger partial charge in [0.1, 0.15) is 6.61 Å². The van der Waals surface area contributed by atoms with Gasteiger partial charge in [0.2, 0.25) is 0 Å². The smallest absolute Gasteiger partial charge is 0.339 e. The fourth-order valence-electron chi connectivity index (χ4n) is 4.55. The number of esters is 1. The van der Waals surface area contributed by atoms with E-state index in [1.165, 1.54) is 22.3 Å². The van der Waals surface area contributed by atoms with E-state index < -0.39 is 0 Å². The van der Waals surface area contributed by atoms with Crippen LogP contribution in [0.15, 0.2) is 101 Å². The van der Waals surface area contributed by atoms with E-state index in [9.17, 15) is 4.79 Å². The maximum absolute atomic E-state index is 13.1. The highest BCUT2D eigenvalue weighted by Crippen LogP contribution is 2.29. The highest BCUT2D eigenvalue weighted by Gasteiger charge is 2.15. The Kier molecular flexibility index (Phi) is 11.0. The van der Waals surface area contributed by atoms with Crippen LogP contribution in [-0.2, 0) is 4.74 Å². The first-order valence-electron chi connectivity index (χ1n) is 13.5. The molecule has 0 aliphatic carbocycles. The Morgan fingerprint density at radius 2 is 1.11 bits per heavy atom. The van der Waals surface area contributed by atoms with Gasteiger partial charge in [-0.3, -0.25) is 0 Å². The third-order valence-electron chi connectivity index (χ3n) is 6.78. The van der Waals surface area contributed by atoms with E-state index in [0.29, 0.717) is 12.2 Å². The first-order chi connectivity index (χ1) is 17.8. The molecule has 0 radical (unpaired) electrons. The lowest BCUT2D eigenvalue weighted by Gasteiger charge is -2.11. The van der Waals surface area contributed by atoms with Gasteiger partial charge in [0.05, 0.1) is 5.56 Å². The summed E-state index contributed by atoms with van der Waals surface area (Å²) < 4.78 is 5.72. The predicted octanol–water partition coefficient (Wildman–Crippen LogP) is 10.3. The van der Waals surface area contributed by atoms with Crippen LogP contribution in [0.5, 0.6) is 0 Å². The van der Waals surface area contributed by atoms with E-state index in [0.717, 1.165) is 60.1 Å². The van der Waals surface area contributed by atoms with Crippen LogP contribution in [0, 0.1) is 0 Å². The van der Waals surface area contributed by atoms with Crippen LogP contribution in [0.4, 0.5) is 0 Å². The summed E-state index contributed by atoms with van der Waals surface area (Å²) in [7, 11) is 0. The van der Waals surface area contributed by atoms with Crippen molar-refractivity contribution in [3.8, 4) is 0 Å². The lowest BCUT2D eigenvalue weighted by atomic mass is 9.97. The molecule has 2 nitrogen and oxygen atoms in total. The third-order valence-corrected chi connectivity index (χ3v) is 6.78. The molecule has 0 atom stereocenters. The number of rotatable bonds is 12. The SMILES string of the molecule is CC(C)=CCCC(C)=CCCC(C)=CCCC(C)=CCOC(=O)c1c2ccccc2cc2ccccc12. The largest absolute Gasteiger partial charge is 0.458 e. The predicted molar refractivity (Wildman–Crippen MR) is 160 cm³/mol. The number of hydrogen-bond donors (Lipinski definition) is 0. The quantitative estimate of drug-likeness (QED) is 0.142. The Hall–Kier alpha value is -3.39. The Balaban J connectivity index is 1.49. The lowest BCUT2D eigenvalue weighted by Crippen LogP contribution is -2.07. The summed E-state index contributed by atoms with van der Waals surface area (Å²) in [6.07, 6.45) is 15.6. The van der Waals surface area contributed by atoms with Gasteiger partial charge in [-0.25, -0.2) is 4.79 Å². The molecule has 0 saturated heterocycles. The first kappa shape index (κ1) is 28.2. The maximum Gasteiger partial charge on any atom is 0.339 e. The number of fused-ring (bicyclic) bond motifs is 2. The van der Waals surface area contributed by atoms with Crippen LogP contribution in [-0.4, -0.2) is 12.6 Å². The minimum absolute atomic E-state index is 0.267. The number of benzene rings is 3. The molecule has 3 aromatic carbocycles. The second-order valence-electron chi connectivity index (χ2n) is 10.3. The molecule has 0 aromatic heterocycles. The maximum atomic E-state index is 13.1. The first-order valence-corrected chi connectivity index (χ1v) is 13.5. The Labute approximate surface area is 223 Å². The van der Waals surface area contributed by atoms with Crippen LogP contribution in [0.2, 0.25) is 0 Å². The number of carbonyl (C=O) groups is 1. The van der Waals surface area contributed by atoms with E-state index in [4.69, 9.17) is 4.74 Å². The fraction of sp³-hybridized carbons (Fsp3) is 0.343. The molecule has 0 aliphatic heterocycles. The second-order valence-corrected chi connectivity index (χ2v) is 10.3. The van der Waals surface area contributed by atoms with E-state index in [1.807, 2.05) is 54.6 Å². The number of carbonyl (C=O) groups excluding carboxylic acids is 1. The van der Waals surface area contributed by atoms with E-state index in [2.05, 4.69) is 58.9 Å². The Morgan fingerprint density at radius 1 is 0.649 bits per heavy atom. The third kappa shape index (κ3) is 8.89. The summed E-state index contributed by atoms with van der Waals surface area (Å²) in [6.45, 7) is 11.2. The standard InChI is InChI=1S/C35H42O2/c1-26(2)13-10-14-27(3)15-11-16-28(4)17-12-18-29(5)23-24-37-35(36)34-32-21-8-6-19-30(32)25-31-20-7-9-22-33(31)34/h6-9,13,15,17,19-23,25H,10-12,14,16,18,24H2,1-5H3. The van der Waals surface area contributed by atoms with Gasteiger partial charge in [0, 0.05) is 0 Å². The van der Waals surface area contributed by atoms with Gasteiger partial charge in [0.15, 0.2) is 0 Å². The van der Waals surface area contributed by atoms with Crippen LogP contribution in [0.1, 0.15) is 83.5 Å². The van der Waals surface area contributed by atoms with Crippen molar-refractivity contribution in [3.63, 3.8) is 0 Å². The lowest BCUT2D eigenvalue weighted by molar-refractivity contribution is 0.0553. The van der Waals surface area contributed by atoms with Gasteiger partial charge < -0.3 is 4.74 Å². The zero-order chi connectivity index (χ0) is 26.6. The average molecular weight is 495 g/mol. The number of ether oxygens (including phenoxy) is 1. The Bertz CT molecular complexity index is 1280. The van der Waals surface area contributed by atoms with Crippen LogP contribution in [0.3, 0.4) is 0 Å². The van der Waals surface area contributed by atoms with Gasteiger partial charge in [-0.15, -0.1) is 0 Å². The van der Waals surface area contributed by atoms with E-state index >= 15 is 0 Å². The molecule has 0 aliphatic rings. The number of hydrogen-bond acceptors (Lipinski definition) is 2. The molecule has 3 aromatic rings. The normalized spacial score (nSPS) is 12.7. The summed E-state index contributed by atoms with van der Waals surface area (Å²) >= 11 is 0. The summed E-state index contributed by atoms with van der Waals surface area (Å²) in [5, 5.41) is 3.98. The molecule has 3 rings (SSSR count).